The average molecular weight is 400 g/mol. The van der Waals surface area contributed by atoms with Crippen LogP contribution >= 0.6 is 0 Å². The Hall–Kier alpha value is -1.85. The van der Waals surface area contributed by atoms with Gasteiger partial charge in [-0.05, 0) is 43.4 Å². The minimum absolute atomic E-state index is 0.135. The highest BCUT2D eigenvalue weighted by atomic mass is 16.6. The van der Waals surface area contributed by atoms with Crippen LogP contribution in [-0.2, 0) is 16.0 Å². The van der Waals surface area contributed by atoms with Gasteiger partial charge in [0.25, 0.3) is 0 Å². The number of methoxy groups -OCH3 is 1. The van der Waals surface area contributed by atoms with Crippen LogP contribution in [0.1, 0.15) is 38.7 Å². The lowest BCUT2D eigenvalue weighted by Gasteiger charge is -2.51. The summed E-state index contributed by atoms with van der Waals surface area (Å²) in [7, 11) is 1.68. The molecule has 6 atom stereocenters. The summed E-state index contributed by atoms with van der Waals surface area (Å²) in [6.07, 6.45) is 5.27. The van der Waals surface area contributed by atoms with E-state index < -0.39 is 6.10 Å². The third-order valence-corrected chi connectivity index (χ3v) is 7.70. The van der Waals surface area contributed by atoms with Crippen molar-refractivity contribution in [1.29, 1.82) is 0 Å². The second kappa shape index (κ2) is 8.11. The standard InChI is InChI=1S/C24H33NO4/c1-15-7-6-9-17-13-20-21(22(26)24(15,17)2)18(23(27)29-20)14-25-12-11-16-8-4-5-10-19(16)28-3/h4-5,8-10,15,18,20-22,25-26H,6-7,11-14H2,1-3H3/t15-,18-,20-,21-,22+,24-/m1/s1. The van der Waals surface area contributed by atoms with Gasteiger partial charge in [-0.1, -0.05) is 43.7 Å². The van der Waals surface area contributed by atoms with Gasteiger partial charge in [-0.3, -0.25) is 4.79 Å². The molecule has 29 heavy (non-hydrogen) atoms. The number of rotatable bonds is 6. The first-order valence-electron chi connectivity index (χ1n) is 10.9. The van der Waals surface area contributed by atoms with Gasteiger partial charge in [0.15, 0.2) is 0 Å². The van der Waals surface area contributed by atoms with Crippen LogP contribution in [0.4, 0.5) is 0 Å². The third kappa shape index (κ3) is 3.49. The van der Waals surface area contributed by atoms with Gasteiger partial charge in [0.05, 0.1) is 19.1 Å². The van der Waals surface area contributed by atoms with Gasteiger partial charge >= 0.3 is 5.97 Å². The summed E-state index contributed by atoms with van der Waals surface area (Å²) in [5, 5.41) is 14.8. The highest BCUT2D eigenvalue weighted by Crippen LogP contribution is 2.55. The van der Waals surface area contributed by atoms with Crippen LogP contribution in [0, 0.1) is 23.2 Å². The number of para-hydroxylation sites is 1. The molecule has 0 unspecified atom stereocenters. The first kappa shape index (κ1) is 20.4. The molecule has 1 aliphatic heterocycles. The summed E-state index contributed by atoms with van der Waals surface area (Å²) in [4.78, 5) is 12.6. The van der Waals surface area contributed by atoms with Crippen LogP contribution in [0.3, 0.4) is 0 Å². The van der Waals surface area contributed by atoms with E-state index in [9.17, 15) is 9.90 Å². The van der Waals surface area contributed by atoms with Gasteiger partial charge in [-0.2, -0.15) is 0 Å². The monoisotopic (exact) mass is 399 g/mol. The Morgan fingerprint density at radius 1 is 1.34 bits per heavy atom. The lowest BCUT2D eigenvalue weighted by atomic mass is 9.55. The van der Waals surface area contributed by atoms with Crippen LogP contribution in [0.5, 0.6) is 5.75 Å². The molecule has 4 rings (SSSR count). The van der Waals surface area contributed by atoms with Gasteiger partial charge in [0, 0.05) is 24.3 Å². The number of hydrogen-bond donors (Lipinski definition) is 2. The number of carbonyl (C=O) groups excluding carboxylic acids is 1. The number of fused-ring (bicyclic) bond motifs is 2. The van der Waals surface area contributed by atoms with E-state index in [1.54, 1.807) is 7.11 Å². The maximum Gasteiger partial charge on any atom is 0.311 e. The number of nitrogens with one attached hydrogen (secondary N) is 1. The van der Waals surface area contributed by atoms with Crippen molar-refractivity contribution >= 4 is 5.97 Å². The summed E-state index contributed by atoms with van der Waals surface area (Å²) >= 11 is 0. The van der Waals surface area contributed by atoms with Gasteiger partial charge < -0.3 is 19.9 Å². The lowest BCUT2D eigenvalue weighted by Crippen LogP contribution is -2.54. The predicted octanol–water partition coefficient (Wildman–Crippen LogP) is 3.11. The van der Waals surface area contributed by atoms with E-state index in [4.69, 9.17) is 9.47 Å². The van der Waals surface area contributed by atoms with E-state index in [-0.39, 0.29) is 29.3 Å². The van der Waals surface area contributed by atoms with E-state index in [2.05, 4.69) is 31.3 Å². The van der Waals surface area contributed by atoms with Crippen LogP contribution in [0.15, 0.2) is 35.9 Å². The number of esters is 1. The van der Waals surface area contributed by atoms with Crippen LogP contribution < -0.4 is 10.1 Å². The number of ether oxygens (including phenoxy) is 2. The number of aliphatic hydroxyl groups excluding tert-OH is 1. The molecule has 0 amide bonds. The fourth-order valence-electron chi connectivity index (χ4n) is 5.69. The molecule has 2 N–H and O–H groups in total. The maximum absolute atomic E-state index is 12.6. The summed E-state index contributed by atoms with van der Waals surface area (Å²) in [6.45, 7) is 5.69. The molecule has 5 heteroatoms. The molecule has 0 bridgehead atoms. The topological polar surface area (TPSA) is 67.8 Å². The molecule has 0 spiro atoms. The molecule has 0 radical (unpaired) electrons. The Labute approximate surface area is 173 Å². The van der Waals surface area contributed by atoms with E-state index in [0.29, 0.717) is 12.5 Å². The molecule has 1 aromatic carbocycles. The Morgan fingerprint density at radius 3 is 2.93 bits per heavy atom. The molecule has 5 nitrogen and oxygen atoms in total. The number of aliphatic hydroxyl groups is 1. The average Bonchev–Trinajstić information content (AvgIpc) is 3.03. The van der Waals surface area contributed by atoms with Crippen LogP contribution in [-0.4, -0.2) is 43.5 Å². The minimum Gasteiger partial charge on any atom is -0.496 e. The molecule has 1 aromatic rings. The fraction of sp³-hybridized carbons (Fsp3) is 0.625. The first-order valence-corrected chi connectivity index (χ1v) is 10.9. The van der Waals surface area contributed by atoms with E-state index in [1.165, 1.54) is 5.57 Å². The van der Waals surface area contributed by atoms with Crippen molar-refractivity contribution in [3.8, 4) is 5.75 Å². The molecule has 3 aliphatic rings. The second-order valence-electron chi connectivity index (χ2n) is 9.06. The summed E-state index contributed by atoms with van der Waals surface area (Å²) < 4.78 is 11.1. The zero-order chi connectivity index (χ0) is 20.6. The van der Waals surface area contributed by atoms with Crippen molar-refractivity contribution in [2.45, 2.75) is 51.7 Å². The van der Waals surface area contributed by atoms with Crippen LogP contribution in [0.2, 0.25) is 0 Å². The Bertz CT molecular complexity index is 791. The van der Waals surface area contributed by atoms with E-state index in [1.807, 2.05) is 18.2 Å². The Balaban J connectivity index is 1.41. The zero-order valence-electron chi connectivity index (χ0n) is 17.7. The van der Waals surface area contributed by atoms with Crippen molar-refractivity contribution < 1.29 is 19.4 Å². The van der Waals surface area contributed by atoms with Crippen molar-refractivity contribution in [2.24, 2.45) is 23.2 Å². The molecular weight excluding hydrogens is 366 g/mol. The lowest BCUT2D eigenvalue weighted by molar-refractivity contribution is -0.144. The van der Waals surface area contributed by atoms with Crippen LogP contribution in [0.25, 0.3) is 0 Å². The largest absolute Gasteiger partial charge is 0.496 e. The van der Waals surface area contributed by atoms with Gasteiger partial charge in [-0.15, -0.1) is 0 Å². The quantitative estimate of drug-likeness (QED) is 0.437. The van der Waals surface area contributed by atoms with Crippen molar-refractivity contribution in [3.63, 3.8) is 0 Å². The maximum atomic E-state index is 12.6. The van der Waals surface area contributed by atoms with Gasteiger partial charge in [0.2, 0.25) is 0 Å². The van der Waals surface area contributed by atoms with Gasteiger partial charge in [-0.25, -0.2) is 0 Å². The zero-order valence-corrected chi connectivity index (χ0v) is 17.7. The van der Waals surface area contributed by atoms with Crippen molar-refractivity contribution in [3.05, 3.63) is 41.5 Å². The smallest absolute Gasteiger partial charge is 0.311 e. The second-order valence-corrected chi connectivity index (χ2v) is 9.06. The van der Waals surface area contributed by atoms with Crippen molar-refractivity contribution in [1.82, 2.24) is 5.32 Å². The SMILES string of the molecule is COc1ccccc1CCNC[C@H]1C(=O)O[C@@H]2CC3=CCC[C@@H](C)[C@@]3(C)[C@@H](O)[C@@H]21. The summed E-state index contributed by atoms with van der Waals surface area (Å²) in [5.41, 5.74) is 2.18. The molecule has 2 aliphatic carbocycles. The molecular formula is C24H33NO4. The molecule has 1 saturated carbocycles. The number of benzene rings is 1. The number of allylic oxidation sites excluding steroid dienone is 1. The molecule has 2 fully saturated rings. The molecule has 1 saturated heterocycles. The Kier molecular flexibility index (Phi) is 5.71. The fourth-order valence-corrected chi connectivity index (χ4v) is 5.69. The minimum atomic E-state index is -0.546. The normalized spacial score (nSPS) is 36.1. The highest BCUT2D eigenvalue weighted by molar-refractivity contribution is 5.76. The first-order chi connectivity index (χ1) is 14.0. The Morgan fingerprint density at radius 2 is 2.14 bits per heavy atom. The van der Waals surface area contributed by atoms with Gasteiger partial charge in [0.1, 0.15) is 11.9 Å². The molecule has 0 aromatic heterocycles. The van der Waals surface area contributed by atoms with E-state index in [0.717, 1.165) is 43.5 Å². The third-order valence-electron chi connectivity index (χ3n) is 7.70. The summed E-state index contributed by atoms with van der Waals surface area (Å²) in [5.74, 6) is 0.702. The number of hydrogen-bond acceptors (Lipinski definition) is 5. The number of carbonyl (C=O) groups is 1. The highest BCUT2D eigenvalue weighted by Gasteiger charge is 2.59. The van der Waals surface area contributed by atoms with E-state index >= 15 is 0 Å². The molecule has 158 valence electrons. The predicted molar refractivity (Wildman–Crippen MR) is 112 cm³/mol. The van der Waals surface area contributed by atoms with Crippen molar-refractivity contribution in [2.75, 3.05) is 20.2 Å². The summed E-state index contributed by atoms with van der Waals surface area (Å²) in [6, 6.07) is 7.99. The molecule has 1 heterocycles.